The average molecular weight is 564 g/mol. The van der Waals surface area contributed by atoms with Gasteiger partial charge in [-0.15, -0.1) is 0 Å². The number of fused-ring (bicyclic) bond motifs is 7. The van der Waals surface area contributed by atoms with Gasteiger partial charge in [0, 0.05) is 27.3 Å². The van der Waals surface area contributed by atoms with E-state index in [1.54, 1.807) is 0 Å². The van der Waals surface area contributed by atoms with E-state index in [-0.39, 0.29) is 5.41 Å². The lowest BCUT2D eigenvalue weighted by molar-refractivity contribution is 0.661. The molecule has 6 aromatic carbocycles. The Hall–Kier alpha value is -5.54. The first-order chi connectivity index (χ1) is 21.6. The Balaban J connectivity index is 1.35. The van der Waals surface area contributed by atoms with Gasteiger partial charge in [0.15, 0.2) is 0 Å². The standard InChI is InChI=1S/C41H29N3/c1-41(2)34-19-11-9-17-30(34)32-21-28-22-33-31-18-10-12-20-38(31)44(39(33)24-29(28)23-35(32)41)40-42-36(26-13-5-3-6-14-26)25-37(43-40)27-15-7-4-8-16-27/h3-25H,1-2H3. The van der Waals surface area contributed by atoms with Crippen molar-refractivity contribution in [2.24, 2.45) is 0 Å². The van der Waals surface area contributed by atoms with E-state index in [0.29, 0.717) is 5.95 Å². The third-order valence-electron chi connectivity index (χ3n) is 9.38. The molecule has 2 aromatic heterocycles. The Morgan fingerprint density at radius 2 is 1.09 bits per heavy atom. The molecular weight excluding hydrogens is 534 g/mol. The van der Waals surface area contributed by atoms with Gasteiger partial charge in [-0.2, -0.15) is 0 Å². The summed E-state index contributed by atoms with van der Waals surface area (Å²) in [6.45, 7) is 4.68. The molecule has 3 nitrogen and oxygen atoms in total. The van der Waals surface area contributed by atoms with Crippen LogP contribution in [0.25, 0.3) is 72.2 Å². The van der Waals surface area contributed by atoms with Crippen molar-refractivity contribution < 1.29 is 0 Å². The predicted octanol–water partition coefficient (Wildman–Crippen LogP) is 10.4. The van der Waals surface area contributed by atoms with E-state index >= 15 is 0 Å². The van der Waals surface area contributed by atoms with Gasteiger partial charge in [-0.3, -0.25) is 4.57 Å². The molecule has 0 unspecified atom stereocenters. The monoisotopic (exact) mass is 563 g/mol. The van der Waals surface area contributed by atoms with Gasteiger partial charge in [0.25, 0.3) is 0 Å². The minimum atomic E-state index is -0.0561. The van der Waals surface area contributed by atoms with E-state index in [1.165, 1.54) is 43.8 Å². The lowest BCUT2D eigenvalue weighted by Gasteiger charge is -2.21. The molecule has 0 aliphatic heterocycles. The molecule has 0 spiro atoms. The molecular formula is C41H29N3. The molecule has 9 rings (SSSR count). The highest BCUT2D eigenvalue weighted by Gasteiger charge is 2.35. The number of aromatic nitrogens is 3. The Bertz CT molecular complexity index is 2340. The summed E-state index contributed by atoms with van der Waals surface area (Å²) in [5.74, 6) is 0.671. The first kappa shape index (κ1) is 25.0. The Labute approximate surface area is 256 Å². The highest BCUT2D eigenvalue weighted by Crippen LogP contribution is 2.50. The van der Waals surface area contributed by atoms with Gasteiger partial charge in [-0.25, -0.2) is 9.97 Å². The Kier molecular flexibility index (Phi) is 5.24. The SMILES string of the molecule is CC1(C)c2ccccc2-c2cc3cc4c5ccccc5n(-c5nc(-c6ccccc6)cc(-c6ccccc6)n5)c4cc3cc21. The molecule has 0 bridgehead atoms. The van der Waals surface area contributed by atoms with Gasteiger partial charge in [-0.1, -0.05) is 117 Å². The topological polar surface area (TPSA) is 30.7 Å². The second-order valence-corrected chi connectivity index (χ2v) is 12.3. The van der Waals surface area contributed by atoms with Gasteiger partial charge in [0.05, 0.1) is 22.4 Å². The normalized spacial score (nSPS) is 13.4. The maximum Gasteiger partial charge on any atom is 0.235 e. The maximum atomic E-state index is 5.21. The van der Waals surface area contributed by atoms with Crippen molar-refractivity contribution in [2.75, 3.05) is 0 Å². The zero-order valence-corrected chi connectivity index (χ0v) is 24.6. The summed E-state index contributed by atoms with van der Waals surface area (Å²) in [5, 5.41) is 4.87. The van der Waals surface area contributed by atoms with Crippen molar-refractivity contribution in [3.8, 4) is 39.6 Å². The molecule has 0 saturated carbocycles. The molecule has 0 N–H and O–H groups in total. The summed E-state index contributed by atoms with van der Waals surface area (Å²) in [7, 11) is 0. The lowest BCUT2D eigenvalue weighted by atomic mass is 9.82. The first-order valence-corrected chi connectivity index (χ1v) is 15.2. The molecule has 0 atom stereocenters. The number of nitrogens with zero attached hydrogens (tertiary/aromatic N) is 3. The van der Waals surface area contributed by atoms with Crippen LogP contribution in [0.15, 0.2) is 140 Å². The van der Waals surface area contributed by atoms with Gasteiger partial charge < -0.3 is 0 Å². The predicted molar refractivity (Wildman–Crippen MR) is 182 cm³/mol. The van der Waals surface area contributed by atoms with Crippen molar-refractivity contribution in [3.05, 3.63) is 151 Å². The Morgan fingerprint density at radius 1 is 0.477 bits per heavy atom. The molecule has 0 fully saturated rings. The van der Waals surface area contributed by atoms with E-state index in [2.05, 4.69) is 146 Å². The van der Waals surface area contributed by atoms with Crippen LogP contribution < -0.4 is 0 Å². The second kappa shape index (κ2) is 9.23. The zero-order chi connectivity index (χ0) is 29.4. The third kappa shape index (κ3) is 3.62. The van der Waals surface area contributed by atoms with Crippen LogP contribution in [0.4, 0.5) is 0 Å². The van der Waals surface area contributed by atoms with Crippen molar-refractivity contribution >= 4 is 32.6 Å². The highest BCUT2D eigenvalue weighted by atomic mass is 15.2. The van der Waals surface area contributed by atoms with Gasteiger partial charge >= 0.3 is 0 Å². The van der Waals surface area contributed by atoms with E-state index in [9.17, 15) is 0 Å². The van der Waals surface area contributed by atoms with E-state index in [0.717, 1.165) is 33.5 Å². The van der Waals surface area contributed by atoms with Gasteiger partial charge in [-0.05, 0) is 69.4 Å². The molecule has 44 heavy (non-hydrogen) atoms. The van der Waals surface area contributed by atoms with Crippen LogP contribution in [0, 0.1) is 0 Å². The number of para-hydroxylation sites is 1. The van der Waals surface area contributed by atoms with Crippen molar-refractivity contribution in [1.82, 2.24) is 14.5 Å². The minimum Gasteiger partial charge on any atom is -0.278 e. The largest absolute Gasteiger partial charge is 0.278 e. The molecule has 2 heterocycles. The molecule has 8 aromatic rings. The number of hydrogen-bond acceptors (Lipinski definition) is 2. The summed E-state index contributed by atoms with van der Waals surface area (Å²) in [6, 6.07) is 49.8. The molecule has 0 saturated heterocycles. The fourth-order valence-corrected chi connectivity index (χ4v) is 7.18. The smallest absolute Gasteiger partial charge is 0.235 e. The van der Waals surface area contributed by atoms with Gasteiger partial charge in [0.1, 0.15) is 0 Å². The summed E-state index contributed by atoms with van der Waals surface area (Å²) in [5.41, 5.74) is 11.5. The summed E-state index contributed by atoms with van der Waals surface area (Å²) >= 11 is 0. The van der Waals surface area contributed by atoms with Crippen molar-refractivity contribution in [2.45, 2.75) is 19.3 Å². The van der Waals surface area contributed by atoms with Crippen LogP contribution >= 0.6 is 0 Å². The van der Waals surface area contributed by atoms with Crippen LogP contribution in [0.5, 0.6) is 0 Å². The molecule has 1 aliphatic carbocycles. The average Bonchev–Trinajstić information content (AvgIpc) is 3.51. The van der Waals surface area contributed by atoms with Crippen LogP contribution in [0.1, 0.15) is 25.0 Å². The molecule has 0 amide bonds. The molecule has 208 valence electrons. The fourth-order valence-electron chi connectivity index (χ4n) is 7.18. The van der Waals surface area contributed by atoms with E-state index < -0.39 is 0 Å². The van der Waals surface area contributed by atoms with Crippen LogP contribution in [0.3, 0.4) is 0 Å². The van der Waals surface area contributed by atoms with Gasteiger partial charge in [0.2, 0.25) is 5.95 Å². The summed E-state index contributed by atoms with van der Waals surface area (Å²) in [4.78, 5) is 10.4. The lowest BCUT2D eigenvalue weighted by Crippen LogP contribution is -2.14. The zero-order valence-electron chi connectivity index (χ0n) is 24.6. The molecule has 3 heteroatoms. The third-order valence-corrected chi connectivity index (χ3v) is 9.38. The summed E-state index contributed by atoms with van der Waals surface area (Å²) in [6.07, 6.45) is 0. The molecule has 1 aliphatic rings. The van der Waals surface area contributed by atoms with E-state index in [1.807, 2.05) is 12.1 Å². The number of benzene rings is 6. The van der Waals surface area contributed by atoms with Crippen LogP contribution in [-0.4, -0.2) is 14.5 Å². The fraction of sp³-hybridized carbons (Fsp3) is 0.0732. The highest BCUT2D eigenvalue weighted by molar-refractivity contribution is 6.14. The quantitative estimate of drug-likeness (QED) is 0.214. The Morgan fingerprint density at radius 3 is 1.82 bits per heavy atom. The number of hydrogen-bond donors (Lipinski definition) is 0. The second-order valence-electron chi connectivity index (χ2n) is 12.3. The van der Waals surface area contributed by atoms with E-state index in [4.69, 9.17) is 9.97 Å². The number of rotatable bonds is 3. The maximum absolute atomic E-state index is 5.21. The van der Waals surface area contributed by atoms with Crippen LogP contribution in [-0.2, 0) is 5.41 Å². The first-order valence-electron chi connectivity index (χ1n) is 15.2. The minimum absolute atomic E-state index is 0.0561. The van der Waals surface area contributed by atoms with Crippen LogP contribution in [0.2, 0.25) is 0 Å². The van der Waals surface area contributed by atoms with Crippen molar-refractivity contribution in [3.63, 3.8) is 0 Å². The van der Waals surface area contributed by atoms with Crippen molar-refractivity contribution in [1.29, 1.82) is 0 Å². The summed E-state index contributed by atoms with van der Waals surface area (Å²) < 4.78 is 2.25. The molecule has 0 radical (unpaired) electrons.